The van der Waals surface area contributed by atoms with Crippen molar-refractivity contribution in [2.45, 2.75) is 32.2 Å². The van der Waals surface area contributed by atoms with E-state index in [0.717, 1.165) is 25.8 Å². The van der Waals surface area contributed by atoms with Gasteiger partial charge in [-0.2, -0.15) is 0 Å². The Morgan fingerprint density at radius 3 is 2.88 bits per heavy atom. The Labute approximate surface area is 107 Å². The highest BCUT2D eigenvalue weighted by atomic mass is 32.1. The minimum absolute atomic E-state index is 0.484. The molecular weight excluding hydrogens is 236 g/mol. The van der Waals surface area contributed by atoms with Crippen LogP contribution in [0.1, 0.15) is 24.6 Å². The molecule has 1 atom stereocenters. The third kappa shape index (κ3) is 4.60. The van der Waals surface area contributed by atoms with Crippen LogP contribution in [0.2, 0.25) is 0 Å². The van der Waals surface area contributed by atoms with Crippen LogP contribution in [0.3, 0.4) is 0 Å². The van der Waals surface area contributed by atoms with Crippen molar-refractivity contribution in [1.82, 2.24) is 4.90 Å². The Morgan fingerprint density at radius 2 is 2.38 bits per heavy atom. The van der Waals surface area contributed by atoms with Crippen molar-refractivity contribution >= 4 is 28.5 Å². The Balaban J connectivity index is 2.37. The molecule has 0 saturated heterocycles. The van der Waals surface area contributed by atoms with E-state index in [1.807, 2.05) is 11.3 Å². The van der Waals surface area contributed by atoms with Crippen LogP contribution >= 0.6 is 23.6 Å². The molecule has 0 radical (unpaired) electrons. The molecule has 0 fully saturated rings. The minimum atomic E-state index is 0.484. The maximum Gasteiger partial charge on any atom is 0.0743 e. The first-order valence-corrected chi connectivity index (χ1v) is 6.93. The number of thiophene rings is 1. The van der Waals surface area contributed by atoms with E-state index < -0.39 is 0 Å². The summed E-state index contributed by atoms with van der Waals surface area (Å²) in [5, 5.41) is 2.13. The molecule has 90 valence electrons. The zero-order valence-electron chi connectivity index (χ0n) is 9.98. The number of likely N-dealkylation sites (N-methyl/N-ethyl adjacent to an activating group) is 1. The van der Waals surface area contributed by atoms with Crippen LogP contribution < -0.4 is 5.73 Å². The quantitative estimate of drug-likeness (QED) is 0.761. The summed E-state index contributed by atoms with van der Waals surface area (Å²) in [6, 6.07) is 4.77. The molecule has 0 saturated carbocycles. The summed E-state index contributed by atoms with van der Waals surface area (Å²) in [6.45, 7) is 3.26. The molecule has 4 heteroatoms. The maximum absolute atomic E-state index is 5.60. The molecular formula is C12H20N2S2. The molecule has 16 heavy (non-hydrogen) atoms. The van der Waals surface area contributed by atoms with Gasteiger partial charge in [0.05, 0.1) is 4.99 Å². The van der Waals surface area contributed by atoms with Crippen molar-refractivity contribution in [2.24, 2.45) is 5.73 Å². The van der Waals surface area contributed by atoms with Gasteiger partial charge in [-0.3, -0.25) is 0 Å². The van der Waals surface area contributed by atoms with Crippen molar-refractivity contribution in [3.8, 4) is 0 Å². The van der Waals surface area contributed by atoms with Crippen LogP contribution in [-0.4, -0.2) is 29.5 Å². The molecule has 0 aliphatic carbocycles. The average molecular weight is 256 g/mol. The second-order valence-electron chi connectivity index (χ2n) is 4.04. The van der Waals surface area contributed by atoms with E-state index in [0.29, 0.717) is 11.0 Å². The first-order chi connectivity index (χ1) is 7.63. The maximum atomic E-state index is 5.60. The van der Waals surface area contributed by atoms with Gasteiger partial charge in [-0.05, 0) is 31.3 Å². The third-order valence-corrected chi connectivity index (χ3v) is 3.93. The van der Waals surface area contributed by atoms with Gasteiger partial charge < -0.3 is 10.6 Å². The standard InChI is InChI=1S/C12H20N2S2/c1-3-10(9-12(13)15)14(2)7-6-11-5-4-8-16-11/h4-5,8,10H,3,6-7,9H2,1-2H3,(H2,13,15). The number of hydrogen-bond donors (Lipinski definition) is 1. The Morgan fingerprint density at radius 1 is 1.62 bits per heavy atom. The summed E-state index contributed by atoms with van der Waals surface area (Å²) in [6.07, 6.45) is 3.03. The van der Waals surface area contributed by atoms with Gasteiger partial charge in [0.2, 0.25) is 0 Å². The van der Waals surface area contributed by atoms with Gasteiger partial charge in [-0.1, -0.05) is 25.2 Å². The number of thiocarbonyl (C=S) groups is 1. The summed E-state index contributed by atoms with van der Waals surface area (Å²) in [5.41, 5.74) is 5.60. The molecule has 2 nitrogen and oxygen atoms in total. The summed E-state index contributed by atoms with van der Waals surface area (Å²) in [5.74, 6) is 0. The van der Waals surface area contributed by atoms with Crippen molar-refractivity contribution < 1.29 is 0 Å². The predicted molar refractivity (Wildman–Crippen MR) is 76.1 cm³/mol. The molecule has 1 aromatic rings. The summed E-state index contributed by atoms with van der Waals surface area (Å²) >= 11 is 6.80. The lowest BCUT2D eigenvalue weighted by Crippen LogP contribution is -2.35. The Hall–Kier alpha value is -0.450. The highest BCUT2D eigenvalue weighted by Gasteiger charge is 2.13. The molecule has 0 aliphatic heterocycles. The number of nitrogens with two attached hydrogens (primary N) is 1. The van der Waals surface area contributed by atoms with Crippen molar-refractivity contribution in [3.05, 3.63) is 22.4 Å². The average Bonchev–Trinajstić information content (AvgIpc) is 2.75. The summed E-state index contributed by atoms with van der Waals surface area (Å²) in [4.78, 5) is 4.42. The fourth-order valence-corrected chi connectivity index (χ4v) is 2.66. The second kappa shape index (κ2) is 6.99. The molecule has 1 heterocycles. The van der Waals surface area contributed by atoms with Crippen LogP contribution in [0.25, 0.3) is 0 Å². The molecule has 1 rings (SSSR count). The zero-order valence-corrected chi connectivity index (χ0v) is 11.6. The molecule has 2 N–H and O–H groups in total. The van der Waals surface area contributed by atoms with Gasteiger partial charge in [0.15, 0.2) is 0 Å². The van der Waals surface area contributed by atoms with Gasteiger partial charge in [0.1, 0.15) is 0 Å². The first-order valence-electron chi connectivity index (χ1n) is 5.64. The predicted octanol–water partition coefficient (Wildman–Crippen LogP) is 2.68. The van der Waals surface area contributed by atoms with Gasteiger partial charge >= 0.3 is 0 Å². The van der Waals surface area contributed by atoms with E-state index in [1.54, 1.807) is 0 Å². The van der Waals surface area contributed by atoms with Crippen molar-refractivity contribution in [2.75, 3.05) is 13.6 Å². The monoisotopic (exact) mass is 256 g/mol. The van der Waals surface area contributed by atoms with E-state index in [-0.39, 0.29) is 0 Å². The lowest BCUT2D eigenvalue weighted by Gasteiger charge is -2.26. The Bertz CT molecular complexity index is 309. The topological polar surface area (TPSA) is 29.3 Å². The van der Waals surface area contributed by atoms with E-state index in [9.17, 15) is 0 Å². The van der Waals surface area contributed by atoms with Crippen LogP contribution in [0.4, 0.5) is 0 Å². The summed E-state index contributed by atoms with van der Waals surface area (Å²) in [7, 11) is 2.15. The molecule has 0 aliphatic rings. The first kappa shape index (κ1) is 13.6. The van der Waals surface area contributed by atoms with E-state index >= 15 is 0 Å². The third-order valence-electron chi connectivity index (χ3n) is 2.82. The van der Waals surface area contributed by atoms with Crippen LogP contribution in [-0.2, 0) is 6.42 Å². The van der Waals surface area contributed by atoms with Gasteiger partial charge in [-0.25, -0.2) is 0 Å². The van der Waals surface area contributed by atoms with E-state index in [2.05, 4.69) is 36.4 Å². The fourth-order valence-electron chi connectivity index (χ4n) is 1.77. The number of nitrogens with zero attached hydrogens (tertiary/aromatic N) is 1. The largest absolute Gasteiger partial charge is 0.393 e. The van der Waals surface area contributed by atoms with Gasteiger partial charge in [0.25, 0.3) is 0 Å². The fraction of sp³-hybridized carbons (Fsp3) is 0.583. The zero-order chi connectivity index (χ0) is 12.0. The lowest BCUT2D eigenvalue weighted by atomic mass is 10.1. The van der Waals surface area contributed by atoms with Crippen LogP contribution in [0.5, 0.6) is 0 Å². The smallest absolute Gasteiger partial charge is 0.0743 e. The van der Waals surface area contributed by atoms with Gasteiger partial charge in [0, 0.05) is 23.9 Å². The number of rotatable bonds is 7. The van der Waals surface area contributed by atoms with Crippen molar-refractivity contribution in [1.29, 1.82) is 0 Å². The van der Waals surface area contributed by atoms with E-state index in [4.69, 9.17) is 18.0 Å². The molecule has 0 spiro atoms. The van der Waals surface area contributed by atoms with Crippen molar-refractivity contribution in [3.63, 3.8) is 0 Å². The van der Waals surface area contributed by atoms with Crippen LogP contribution in [0.15, 0.2) is 17.5 Å². The molecule has 1 unspecified atom stereocenters. The SMILES string of the molecule is CCC(CC(N)=S)N(C)CCc1cccs1. The summed E-state index contributed by atoms with van der Waals surface area (Å²) < 4.78 is 0. The van der Waals surface area contributed by atoms with E-state index in [1.165, 1.54) is 4.88 Å². The normalized spacial score (nSPS) is 12.9. The molecule has 0 amide bonds. The van der Waals surface area contributed by atoms with Crippen LogP contribution in [0, 0.1) is 0 Å². The lowest BCUT2D eigenvalue weighted by molar-refractivity contribution is 0.244. The Kier molecular flexibility index (Phi) is 5.95. The number of hydrogen-bond acceptors (Lipinski definition) is 3. The second-order valence-corrected chi connectivity index (χ2v) is 5.60. The van der Waals surface area contributed by atoms with Gasteiger partial charge in [-0.15, -0.1) is 11.3 Å². The highest BCUT2D eigenvalue weighted by Crippen LogP contribution is 2.12. The highest BCUT2D eigenvalue weighted by molar-refractivity contribution is 7.80. The molecule has 1 aromatic heterocycles. The molecule has 0 aromatic carbocycles. The minimum Gasteiger partial charge on any atom is -0.393 e. The molecule has 0 bridgehead atoms.